The number of nitrogens with zero attached hydrogens (tertiary/aromatic N) is 1. The van der Waals surface area contributed by atoms with Crippen molar-refractivity contribution in [3.8, 4) is 0 Å². The lowest BCUT2D eigenvalue weighted by Crippen LogP contribution is -2.30. The summed E-state index contributed by atoms with van der Waals surface area (Å²) in [5.74, 6) is -0.265. The summed E-state index contributed by atoms with van der Waals surface area (Å²) in [7, 11) is 0. The molecule has 4 rings (SSSR count). The maximum Gasteiger partial charge on any atom is 0.225 e. The van der Waals surface area contributed by atoms with Crippen LogP contribution in [0.2, 0.25) is 0 Å². The average molecular weight is 395 g/mol. The smallest absolute Gasteiger partial charge is 0.225 e. The van der Waals surface area contributed by atoms with Gasteiger partial charge in [-0.3, -0.25) is 4.79 Å². The molecule has 3 nitrogen and oxygen atoms in total. The van der Waals surface area contributed by atoms with Crippen LogP contribution < -0.4 is 10.2 Å². The first-order chi connectivity index (χ1) is 13.6. The minimum atomic E-state index is -0.260. The number of anilines is 2. The van der Waals surface area contributed by atoms with Gasteiger partial charge in [-0.2, -0.15) is 0 Å². The SMILES string of the molecule is CC(CC(=O)Nc1ccccc1N1CCc2sccc2C1)c1ccc(F)cc1. The number of benzene rings is 2. The van der Waals surface area contributed by atoms with Gasteiger partial charge in [0.25, 0.3) is 0 Å². The van der Waals surface area contributed by atoms with Crippen molar-refractivity contribution in [3.63, 3.8) is 0 Å². The molecule has 0 bridgehead atoms. The molecule has 1 amide bonds. The Morgan fingerprint density at radius 3 is 2.79 bits per heavy atom. The van der Waals surface area contributed by atoms with Crippen molar-refractivity contribution >= 4 is 28.6 Å². The predicted octanol–water partition coefficient (Wildman–Crippen LogP) is 5.58. The molecule has 0 saturated heterocycles. The lowest BCUT2D eigenvalue weighted by atomic mass is 9.97. The fourth-order valence-electron chi connectivity index (χ4n) is 3.70. The predicted molar refractivity (Wildman–Crippen MR) is 114 cm³/mol. The molecule has 3 aromatic rings. The van der Waals surface area contributed by atoms with Gasteiger partial charge in [-0.1, -0.05) is 31.2 Å². The fraction of sp³-hybridized carbons (Fsp3) is 0.261. The molecule has 28 heavy (non-hydrogen) atoms. The van der Waals surface area contributed by atoms with Crippen LogP contribution in [0.15, 0.2) is 60.0 Å². The fourth-order valence-corrected chi connectivity index (χ4v) is 4.59. The molecule has 1 aliphatic rings. The molecule has 1 aromatic heterocycles. The molecule has 1 aliphatic heterocycles. The molecule has 2 aromatic carbocycles. The third kappa shape index (κ3) is 4.09. The quantitative estimate of drug-likeness (QED) is 0.612. The van der Waals surface area contributed by atoms with E-state index in [2.05, 4.69) is 27.7 Å². The summed E-state index contributed by atoms with van der Waals surface area (Å²) in [5.41, 5.74) is 4.24. The molecule has 1 N–H and O–H groups in total. The Kier molecular flexibility index (Phi) is 5.44. The highest BCUT2D eigenvalue weighted by atomic mass is 32.1. The van der Waals surface area contributed by atoms with Crippen LogP contribution in [0.3, 0.4) is 0 Å². The van der Waals surface area contributed by atoms with Gasteiger partial charge in [0.05, 0.1) is 11.4 Å². The minimum Gasteiger partial charge on any atom is -0.365 e. The maximum atomic E-state index is 13.1. The number of para-hydroxylation sites is 2. The zero-order valence-corrected chi connectivity index (χ0v) is 16.6. The zero-order valence-electron chi connectivity index (χ0n) is 15.8. The summed E-state index contributed by atoms with van der Waals surface area (Å²) in [6.07, 6.45) is 1.39. The first kappa shape index (κ1) is 18.7. The number of carbonyl (C=O) groups excluding carboxylic acids is 1. The molecular weight excluding hydrogens is 371 g/mol. The number of halogens is 1. The number of fused-ring (bicyclic) bond motifs is 1. The van der Waals surface area contributed by atoms with E-state index >= 15 is 0 Å². The summed E-state index contributed by atoms with van der Waals surface area (Å²) < 4.78 is 13.1. The van der Waals surface area contributed by atoms with Gasteiger partial charge >= 0.3 is 0 Å². The number of hydrogen-bond acceptors (Lipinski definition) is 3. The number of rotatable bonds is 5. The van der Waals surface area contributed by atoms with Crippen LogP contribution in [-0.2, 0) is 17.8 Å². The van der Waals surface area contributed by atoms with Crippen LogP contribution in [0.4, 0.5) is 15.8 Å². The Labute approximate surface area is 168 Å². The lowest BCUT2D eigenvalue weighted by Gasteiger charge is -2.30. The highest BCUT2D eigenvalue weighted by Gasteiger charge is 2.20. The largest absolute Gasteiger partial charge is 0.365 e. The van der Waals surface area contributed by atoms with E-state index in [0.29, 0.717) is 6.42 Å². The summed E-state index contributed by atoms with van der Waals surface area (Å²) in [6.45, 7) is 3.81. The van der Waals surface area contributed by atoms with E-state index in [1.807, 2.05) is 36.5 Å². The van der Waals surface area contributed by atoms with E-state index in [-0.39, 0.29) is 17.6 Å². The summed E-state index contributed by atoms with van der Waals surface area (Å²) in [4.78, 5) is 16.4. The number of hydrogen-bond donors (Lipinski definition) is 1. The van der Waals surface area contributed by atoms with E-state index in [0.717, 1.165) is 36.4 Å². The van der Waals surface area contributed by atoms with E-state index in [4.69, 9.17) is 0 Å². The van der Waals surface area contributed by atoms with Gasteiger partial charge in [-0.15, -0.1) is 11.3 Å². The van der Waals surface area contributed by atoms with E-state index in [9.17, 15) is 9.18 Å². The summed E-state index contributed by atoms with van der Waals surface area (Å²) in [6, 6.07) is 16.5. The maximum absolute atomic E-state index is 13.1. The molecule has 1 unspecified atom stereocenters. The lowest BCUT2D eigenvalue weighted by molar-refractivity contribution is -0.116. The first-order valence-electron chi connectivity index (χ1n) is 9.54. The molecule has 0 radical (unpaired) electrons. The molecule has 2 heterocycles. The van der Waals surface area contributed by atoms with Crippen molar-refractivity contribution < 1.29 is 9.18 Å². The molecular formula is C23H23FN2OS. The average Bonchev–Trinajstić information content (AvgIpc) is 3.16. The van der Waals surface area contributed by atoms with Crippen molar-refractivity contribution in [1.29, 1.82) is 0 Å². The second kappa shape index (κ2) is 8.15. The zero-order chi connectivity index (χ0) is 19.5. The second-order valence-corrected chi connectivity index (χ2v) is 8.26. The molecule has 144 valence electrons. The molecule has 5 heteroatoms. The molecule has 1 atom stereocenters. The van der Waals surface area contributed by atoms with Crippen molar-refractivity contribution in [2.45, 2.75) is 32.2 Å². The van der Waals surface area contributed by atoms with Gasteiger partial charge in [0, 0.05) is 24.4 Å². The Morgan fingerprint density at radius 1 is 1.18 bits per heavy atom. The molecule has 0 aliphatic carbocycles. The highest BCUT2D eigenvalue weighted by molar-refractivity contribution is 7.10. The number of nitrogens with one attached hydrogen (secondary N) is 1. The van der Waals surface area contributed by atoms with Crippen LogP contribution in [-0.4, -0.2) is 12.5 Å². The van der Waals surface area contributed by atoms with Gasteiger partial charge in [0.15, 0.2) is 0 Å². The van der Waals surface area contributed by atoms with Gasteiger partial charge in [-0.05, 0) is 59.2 Å². The number of amides is 1. The van der Waals surface area contributed by atoms with Crippen LogP contribution in [0.5, 0.6) is 0 Å². The molecule has 0 fully saturated rings. The number of carbonyl (C=O) groups is 1. The highest BCUT2D eigenvalue weighted by Crippen LogP contribution is 2.32. The summed E-state index contributed by atoms with van der Waals surface area (Å²) in [5, 5.41) is 5.24. The minimum absolute atomic E-state index is 0.0242. The van der Waals surface area contributed by atoms with Gasteiger partial charge in [-0.25, -0.2) is 4.39 Å². The number of thiophene rings is 1. The van der Waals surface area contributed by atoms with Crippen molar-refractivity contribution in [2.75, 3.05) is 16.8 Å². The Balaban J connectivity index is 1.45. The van der Waals surface area contributed by atoms with Crippen molar-refractivity contribution in [1.82, 2.24) is 0 Å². The van der Waals surface area contributed by atoms with E-state index < -0.39 is 0 Å². The van der Waals surface area contributed by atoms with Crippen LogP contribution in [0, 0.1) is 5.82 Å². The molecule has 0 saturated carbocycles. The monoisotopic (exact) mass is 394 g/mol. The van der Waals surface area contributed by atoms with E-state index in [1.54, 1.807) is 12.1 Å². The standard InChI is InChI=1S/C23H23FN2OS/c1-16(17-6-8-19(24)9-7-17)14-23(27)25-20-4-2-3-5-21(20)26-12-10-22-18(15-26)11-13-28-22/h2-9,11,13,16H,10,12,14-15H2,1H3,(H,25,27). The summed E-state index contributed by atoms with van der Waals surface area (Å²) >= 11 is 1.82. The topological polar surface area (TPSA) is 32.3 Å². The Morgan fingerprint density at radius 2 is 1.96 bits per heavy atom. The first-order valence-corrected chi connectivity index (χ1v) is 10.4. The third-order valence-electron chi connectivity index (χ3n) is 5.26. The normalized spacial score (nSPS) is 14.4. The van der Waals surface area contributed by atoms with Crippen molar-refractivity contribution in [2.24, 2.45) is 0 Å². The molecule has 0 spiro atoms. The van der Waals surface area contributed by atoms with Crippen molar-refractivity contribution in [3.05, 3.63) is 81.8 Å². The van der Waals surface area contributed by atoms with Crippen LogP contribution in [0.1, 0.15) is 35.3 Å². The Hall–Kier alpha value is -2.66. The van der Waals surface area contributed by atoms with Crippen LogP contribution >= 0.6 is 11.3 Å². The van der Waals surface area contributed by atoms with Crippen LogP contribution in [0.25, 0.3) is 0 Å². The van der Waals surface area contributed by atoms with Gasteiger partial charge < -0.3 is 10.2 Å². The van der Waals surface area contributed by atoms with Gasteiger partial charge in [0.1, 0.15) is 5.82 Å². The second-order valence-electron chi connectivity index (χ2n) is 7.26. The third-order valence-corrected chi connectivity index (χ3v) is 6.28. The Bertz CT molecular complexity index is 967. The van der Waals surface area contributed by atoms with Gasteiger partial charge in [0.2, 0.25) is 5.91 Å². The van der Waals surface area contributed by atoms with E-state index in [1.165, 1.54) is 22.6 Å².